The van der Waals surface area contributed by atoms with Gasteiger partial charge < -0.3 is 14.4 Å². The SMILES string of the molecule is CN(C(=O)c1cccc(NS(=O)(=O)c2ccc3c(c2)OCCO3)c1)[C@@H]1CCS(=O)(=O)C1. The summed E-state index contributed by atoms with van der Waals surface area (Å²) in [6, 6.07) is 10.0. The zero-order chi connectivity index (χ0) is 22.2. The molecule has 2 heterocycles. The Hall–Kier alpha value is -2.79. The largest absolute Gasteiger partial charge is 0.486 e. The molecular formula is C20H22N2O7S2. The predicted molar refractivity (Wildman–Crippen MR) is 114 cm³/mol. The molecule has 11 heteroatoms. The summed E-state index contributed by atoms with van der Waals surface area (Å²) in [7, 11) is -5.51. The topological polar surface area (TPSA) is 119 Å². The number of fused-ring (bicyclic) bond motifs is 1. The molecule has 166 valence electrons. The Morgan fingerprint density at radius 3 is 2.55 bits per heavy atom. The summed E-state index contributed by atoms with van der Waals surface area (Å²) >= 11 is 0. The number of sulfonamides is 1. The highest BCUT2D eigenvalue weighted by Crippen LogP contribution is 2.32. The van der Waals surface area contributed by atoms with Crippen molar-refractivity contribution >= 4 is 31.5 Å². The molecule has 1 atom stereocenters. The van der Waals surface area contributed by atoms with E-state index < -0.39 is 25.9 Å². The van der Waals surface area contributed by atoms with Crippen molar-refractivity contribution in [1.29, 1.82) is 0 Å². The molecule has 0 saturated carbocycles. The Labute approximate surface area is 180 Å². The van der Waals surface area contributed by atoms with Gasteiger partial charge in [0.15, 0.2) is 21.3 Å². The first kappa shape index (κ1) is 21.4. The summed E-state index contributed by atoms with van der Waals surface area (Å²) in [4.78, 5) is 14.2. The number of carbonyl (C=O) groups is 1. The standard InChI is InChI=1S/C20H22N2O7S2/c1-22(16-7-10-30(24,25)13-16)20(23)14-3-2-4-15(11-14)21-31(26,27)17-5-6-18-19(12-17)29-9-8-28-18/h2-6,11-12,16,21H,7-10,13H2,1H3/t16-/m1/s1. The molecule has 0 spiro atoms. The lowest BCUT2D eigenvalue weighted by Gasteiger charge is -2.23. The van der Waals surface area contributed by atoms with Crippen LogP contribution in [0.4, 0.5) is 5.69 Å². The van der Waals surface area contributed by atoms with Crippen LogP contribution in [0.1, 0.15) is 16.8 Å². The van der Waals surface area contributed by atoms with Gasteiger partial charge in [-0.15, -0.1) is 0 Å². The van der Waals surface area contributed by atoms with Gasteiger partial charge in [-0.3, -0.25) is 9.52 Å². The van der Waals surface area contributed by atoms with E-state index >= 15 is 0 Å². The van der Waals surface area contributed by atoms with Crippen LogP contribution in [0.2, 0.25) is 0 Å². The fourth-order valence-electron chi connectivity index (χ4n) is 3.57. The van der Waals surface area contributed by atoms with Gasteiger partial charge in [-0.1, -0.05) is 6.07 Å². The molecule has 0 aliphatic carbocycles. The Kier molecular flexibility index (Phi) is 5.56. The van der Waals surface area contributed by atoms with E-state index in [-0.39, 0.29) is 33.6 Å². The average molecular weight is 467 g/mol. The number of benzene rings is 2. The number of nitrogens with one attached hydrogen (secondary N) is 1. The highest BCUT2D eigenvalue weighted by Gasteiger charge is 2.33. The van der Waals surface area contributed by atoms with Crippen LogP contribution in [0.5, 0.6) is 11.5 Å². The molecule has 2 aromatic rings. The molecule has 2 aromatic carbocycles. The van der Waals surface area contributed by atoms with Gasteiger partial charge >= 0.3 is 0 Å². The minimum Gasteiger partial charge on any atom is -0.486 e. The first-order valence-corrected chi connectivity index (χ1v) is 13.0. The van der Waals surface area contributed by atoms with Crippen molar-refractivity contribution in [2.45, 2.75) is 17.4 Å². The first-order valence-electron chi connectivity index (χ1n) is 9.65. The summed E-state index contributed by atoms with van der Waals surface area (Å²) in [5, 5.41) is 0. The highest BCUT2D eigenvalue weighted by molar-refractivity contribution is 7.92. The van der Waals surface area contributed by atoms with Gasteiger partial charge in [-0.05, 0) is 36.8 Å². The van der Waals surface area contributed by atoms with Crippen LogP contribution >= 0.6 is 0 Å². The minimum absolute atomic E-state index is 0.00163. The summed E-state index contributed by atoms with van der Waals surface area (Å²) in [6.07, 6.45) is 0.390. The Morgan fingerprint density at radius 2 is 1.84 bits per heavy atom. The molecule has 1 fully saturated rings. The van der Waals surface area contributed by atoms with E-state index in [1.165, 1.54) is 35.2 Å². The molecule has 2 aliphatic heterocycles. The van der Waals surface area contributed by atoms with E-state index in [0.717, 1.165) is 0 Å². The summed E-state index contributed by atoms with van der Waals surface area (Å²) in [5.41, 5.74) is 0.474. The number of sulfone groups is 1. The van der Waals surface area contributed by atoms with Crippen LogP contribution in [-0.2, 0) is 19.9 Å². The van der Waals surface area contributed by atoms with Gasteiger partial charge in [0.05, 0.1) is 16.4 Å². The van der Waals surface area contributed by atoms with Crippen LogP contribution in [0, 0.1) is 0 Å². The molecule has 0 aromatic heterocycles. The van der Waals surface area contributed by atoms with E-state index in [0.29, 0.717) is 31.1 Å². The Balaban J connectivity index is 1.52. The maximum absolute atomic E-state index is 12.8. The van der Waals surface area contributed by atoms with E-state index in [1.54, 1.807) is 19.2 Å². The zero-order valence-electron chi connectivity index (χ0n) is 16.8. The second-order valence-electron chi connectivity index (χ2n) is 7.46. The lowest BCUT2D eigenvalue weighted by Crippen LogP contribution is -2.37. The molecule has 1 amide bonds. The molecule has 0 bridgehead atoms. The number of carbonyl (C=O) groups excluding carboxylic acids is 1. The number of amides is 1. The third-order valence-electron chi connectivity index (χ3n) is 5.26. The molecule has 2 aliphatic rings. The molecule has 0 unspecified atom stereocenters. The normalized spacial score (nSPS) is 19.6. The average Bonchev–Trinajstić information content (AvgIpc) is 3.12. The number of anilines is 1. The second kappa shape index (κ2) is 8.04. The maximum Gasteiger partial charge on any atom is 0.262 e. The number of rotatable bonds is 5. The number of hydrogen-bond donors (Lipinski definition) is 1. The smallest absolute Gasteiger partial charge is 0.262 e. The summed E-state index contributed by atoms with van der Waals surface area (Å²) in [5.74, 6) is 0.458. The quantitative estimate of drug-likeness (QED) is 0.709. The van der Waals surface area contributed by atoms with Gasteiger partial charge in [0, 0.05) is 30.4 Å². The highest BCUT2D eigenvalue weighted by atomic mass is 32.2. The fourth-order valence-corrected chi connectivity index (χ4v) is 6.41. The van der Waals surface area contributed by atoms with Crippen molar-refractivity contribution in [3.8, 4) is 11.5 Å². The van der Waals surface area contributed by atoms with Crippen LogP contribution in [0.15, 0.2) is 47.4 Å². The van der Waals surface area contributed by atoms with Gasteiger partial charge in [-0.2, -0.15) is 0 Å². The van der Waals surface area contributed by atoms with Crippen molar-refractivity contribution in [3.05, 3.63) is 48.0 Å². The molecular weight excluding hydrogens is 444 g/mol. The monoisotopic (exact) mass is 466 g/mol. The minimum atomic E-state index is -3.93. The van der Waals surface area contributed by atoms with Crippen molar-refractivity contribution in [2.24, 2.45) is 0 Å². The number of ether oxygens (including phenoxy) is 2. The predicted octanol–water partition coefficient (Wildman–Crippen LogP) is 1.52. The first-order chi connectivity index (χ1) is 14.6. The molecule has 4 rings (SSSR count). The molecule has 1 saturated heterocycles. The Bertz CT molecular complexity index is 1230. The summed E-state index contributed by atoms with van der Waals surface area (Å²) < 4.78 is 62.4. The van der Waals surface area contributed by atoms with Crippen LogP contribution in [0.25, 0.3) is 0 Å². The molecule has 1 N–H and O–H groups in total. The van der Waals surface area contributed by atoms with Crippen LogP contribution in [0.3, 0.4) is 0 Å². The van der Waals surface area contributed by atoms with Gasteiger partial charge in [0.1, 0.15) is 13.2 Å². The Morgan fingerprint density at radius 1 is 1.10 bits per heavy atom. The number of nitrogens with zero attached hydrogens (tertiary/aromatic N) is 1. The van der Waals surface area contributed by atoms with E-state index in [9.17, 15) is 21.6 Å². The van der Waals surface area contributed by atoms with Crippen molar-refractivity contribution in [1.82, 2.24) is 4.90 Å². The van der Waals surface area contributed by atoms with E-state index in [1.807, 2.05) is 0 Å². The van der Waals surface area contributed by atoms with Crippen molar-refractivity contribution < 1.29 is 31.1 Å². The van der Waals surface area contributed by atoms with Crippen molar-refractivity contribution in [2.75, 3.05) is 36.5 Å². The molecule has 9 nitrogen and oxygen atoms in total. The third-order valence-corrected chi connectivity index (χ3v) is 8.39. The lowest BCUT2D eigenvalue weighted by atomic mass is 10.1. The van der Waals surface area contributed by atoms with E-state index in [2.05, 4.69) is 4.72 Å². The fraction of sp³-hybridized carbons (Fsp3) is 0.350. The lowest BCUT2D eigenvalue weighted by molar-refractivity contribution is 0.0747. The third kappa shape index (κ3) is 4.62. The summed E-state index contributed by atoms with van der Waals surface area (Å²) in [6.45, 7) is 0.739. The maximum atomic E-state index is 12.8. The van der Waals surface area contributed by atoms with Crippen LogP contribution < -0.4 is 14.2 Å². The van der Waals surface area contributed by atoms with E-state index in [4.69, 9.17) is 9.47 Å². The molecule has 0 radical (unpaired) electrons. The second-order valence-corrected chi connectivity index (χ2v) is 11.4. The zero-order valence-corrected chi connectivity index (χ0v) is 18.4. The van der Waals surface area contributed by atoms with Crippen LogP contribution in [-0.4, -0.2) is 65.5 Å². The van der Waals surface area contributed by atoms with Crippen molar-refractivity contribution in [3.63, 3.8) is 0 Å². The number of hydrogen-bond acceptors (Lipinski definition) is 7. The van der Waals surface area contributed by atoms with Gasteiger partial charge in [0.2, 0.25) is 0 Å². The van der Waals surface area contributed by atoms with Gasteiger partial charge in [0.25, 0.3) is 15.9 Å². The van der Waals surface area contributed by atoms with Gasteiger partial charge in [-0.25, -0.2) is 16.8 Å². The molecule has 31 heavy (non-hydrogen) atoms.